The zero-order valence-electron chi connectivity index (χ0n) is 19.7. The molecule has 0 unspecified atom stereocenters. The summed E-state index contributed by atoms with van der Waals surface area (Å²) < 4.78 is 0. The minimum Gasteiger partial charge on any atom is -0.356 e. The lowest BCUT2D eigenvalue weighted by molar-refractivity contribution is -0.121. The predicted molar refractivity (Wildman–Crippen MR) is 126 cm³/mol. The van der Waals surface area contributed by atoms with Crippen molar-refractivity contribution in [3.8, 4) is 0 Å². The Labute approximate surface area is 178 Å². The fourth-order valence-electron chi connectivity index (χ4n) is 3.88. The van der Waals surface area contributed by atoms with Crippen molar-refractivity contribution in [2.24, 2.45) is 0 Å². The predicted octanol–water partition coefficient (Wildman–Crippen LogP) is 8.72. The highest BCUT2D eigenvalue weighted by Gasteiger charge is 2.00. The average molecular weight is 396 g/mol. The van der Waals surface area contributed by atoms with Crippen LogP contribution in [0.3, 0.4) is 0 Å². The Morgan fingerprint density at radius 1 is 0.464 bits per heavy atom. The van der Waals surface area contributed by atoms with Crippen molar-refractivity contribution in [3.05, 3.63) is 0 Å². The van der Waals surface area contributed by atoms with Gasteiger partial charge in [0, 0.05) is 13.0 Å². The first-order valence-corrected chi connectivity index (χ1v) is 13.1. The number of amides is 1. The Hall–Kier alpha value is -0.530. The molecule has 1 N–H and O–H groups in total. The van der Waals surface area contributed by atoms with Gasteiger partial charge in [-0.3, -0.25) is 4.79 Å². The van der Waals surface area contributed by atoms with E-state index in [9.17, 15) is 4.79 Å². The lowest BCUT2D eigenvalue weighted by atomic mass is 10.1. The van der Waals surface area contributed by atoms with E-state index >= 15 is 0 Å². The van der Waals surface area contributed by atoms with Gasteiger partial charge in [-0.1, -0.05) is 136 Å². The molecule has 0 aromatic rings. The number of carbonyl (C=O) groups is 1. The monoisotopic (exact) mass is 395 g/mol. The van der Waals surface area contributed by atoms with Crippen LogP contribution < -0.4 is 5.32 Å². The number of carbonyl (C=O) groups excluding carboxylic acids is 1. The zero-order chi connectivity index (χ0) is 20.5. The molecule has 0 aliphatic rings. The fourth-order valence-corrected chi connectivity index (χ4v) is 3.88. The largest absolute Gasteiger partial charge is 0.356 e. The lowest BCUT2D eigenvalue weighted by Gasteiger charge is -2.06. The van der Waals surface area contributed by atoms with E-state index in [1.165, 1.54) is 122 Å². The van der Waals surface area contributed by atoms with Crippen molar-refractivity contribution in [3.63, 3.8) is 0 Å². The van der Waals surface area contributed by atoms with Crippen LogP contribution in [0.1, 0.15) is 155 Å². The molecule has 0 aliphatic carbocycles. The molecule has 0 heterocycles. The number of hydrogen-bond donors (Lipinski definition) is 1. The van der Waals surface area contributed by atoms with Gasteiger partial charge in [0.2, 0.25) is 5.91 Å². The maximum absolute atomic E-state index is 11.8. The Balaban J connectivity index is 3.13. The van der Waals surface area contributed by atoms with E-state index in [4.69, 9.17) is 0 Å². The second kappa shape index (κ2) is 24.5. The highest BCUT2D eigenvalue weighted by molar-refractivity contribution is 5.75. The molecule has 28 heavy (non-hydrogen) atoms. The van der Waals surface area contributed by atoms with E-state index < -0.39 is 0 Å². The molecule has 0 rings (SSSR count). The molecule has 0 bridgehead atoms. The van der Waals surface area contributed by atoms with Crippen molar-refractivity contribution in [1.82, 2.24) is 5.32 Å². The van der Waals surface area contributed by atoms with Crippen molar-refractivity contribution >= 4 is 5.91 Å². The first-order chi connectivity index (χ1) is 13.8. The Bertz CT molecular complexity index is 303. The summed E-state index contributed by atoms with van der Waals surface area (Å²) in [5, 5.41) is 3.10. The number of unbranched alkanes of at least 4 members (excludes halogenated alkanes) is 19. The maximum atomic E-state index is 11.8. The van der Waals surface area contributed by atoms with E-state index in [1.807, 2.05) is 0 Å². The zero-order valence-corrected chi connectivity index (χ0v) is 19.7. The van der Waals surface area contributed by atoms with Crippen LogP contribution in [-0.4, -0.2) is 12.5 Å². The molecule has 0 atom stereocenters. The SMILES string of the molecule is CCCCCCCCCCCCCCNC(=O)CCCCCCCCCCC. The standard InChI is InChI=1S/C26H53NO/c1-3-5-7-9-11-13-14-15-17-19-21-23-25-27-26(28)24-22-20-18-16-12-10-8-6-4-2/h3-25H2,1-2H3,(H,27,28). The van der Waals surface area contributed by atoms with Gasteiger partial charge in [-0.25, -0.2) is 0 Å². The van der Waals surface area contributed by atoms with Crippen LogP contribution in [-0.2, 0) is 4.79 Å². The van der Waals surface area contributed by atoms with Gasteiger partial charge in [-0.05, 0) is 12.8 Å². The van der Waals surface area contributed by atoms with Crippen molar-refractivity contribution < 1.29 is 4.79 Å². The molecular formula is C26H53NO. The molecule has 1 amide bonds. The summed E-state index contributed by atoms with van der Waals surface area (Å²) in [5.41, 5.74) is 0. The second-order valence-corrected chi connectivity index (χ2v) is 8.82. The number of hydrogen-bond acceptors (Lipinski definition) is 1. The molecule has 0 aromatic heterocycles. The summed E-state index contributed by atoms with van der Waals surface area (Å²) in [6.07, 6.45) is 29.0. The molecule has 0 saturated heterocycles. The van der Waals surface area contributed by atoms with Gasteiger partial charge in [0.15, 0.2) is 0 Å². The lowest BCUT2D eigenvalue weighted by Crippen LogP contribution is -2.23. The van der Waals surface area contributed by atoms with E-state index in [0.717, 1.165) is 25.8 Å². The summed E-state index contributed by atoms with van der Waals surface area (Å²) in [5.74, 6) is 0.269. The van der Waals surface area contributed by atoms with Gasteiger partial charge in [0.05, 0.1) is 0 Å². The first-order valence-electron chi connectivity index (χ1n) is 13.1. The summed E-state index contributed by atoms with van der Waals surface area (Å²) in [6, 6.07) is 0. The molecule has 0 aliphatic heterocycles. The molecule has 2 heteroatoms. The summed E-state index contributed by atoms with van der Waals surface area (Å²) in [6.45, 7) is 5.43. The van der Waals surface area contributed by atoms with Gasteiger partial charge in [-0.2, -0.15) is 0 Å². The minimum absolute atomic E-state index is 0.269. The van der Waals surface area contributed by atoms with Gasteiger partial charge >= 0.3 is 0 Å². The van der Waals surface area contributed by atoms with Crippen molar-refractivity contribution in [2.75, 3.05) is 6.54 Å². The van der Waals surface area contributed by atoms with Crippen LogP contribution in [0.15, 0.2) is 0 Å². The van der Waals surface area contributed by atoms with Crippen molar-refractivity contribution in [2.45, 2.75) is 155 Å². The molecule has 0 spiro atoms. The second-order valence-electron chi connectivity index (χ2n) is 8.82. The van der Waals surface area contributed by atoms with Gasteiger partial charge in [0.1, 0.15) is 0 Å². The summed E-state index contributed by atoms with van der Waals surface area (Å²) in [4.78, 5) is 11.8. The summed E-state index contributed by atoms with van der Waals surface area (Å²) >= 11 is 0. The van der Waals surface area contributed by atoms with Gasteiger partial charge in [-0.15, -0.1) is 0 Å². The smallest absolute Gasteiger partial charge is 0.219 e. The first kappa shape index (κ1) is 27.5. The Kier molecular flexibility index (Phi) is 24.0. The molecule has 0 aromatic carbocycles. The van der Waals surface area contributed by atoms with E-state index in [0.29, 0.717) is 0 Å². The minimum atomic E-state index is 0.269. The van der Waals surface area contributed by atoms with E-state index in [2.05, 4.69) is 19.2 Å². The van der Waals surface area contributed by atoms with Crippen LogP contribution in [0, 0.1) is 0 Å². The van der Waals surface area contributed by atoms with Gasteiger partial charge < -0.3 is 5.32 Å². The number of nitrogens with one attached hydrogen (secondary N) is 1. The fraction of sp³-hybridized carbons (Fsp3) is 0.962. The molecular weight excluding hydrogens is 342 g/mol. The highest BCUT2D eigenvalue weighted by atomic mass is 16.1. The third kappa shape index (κ3) is 23.5. The van der Waals surface area contributed by atoms with Crippen LogP contribution in [0.5, 0.6) is 0 Å². The molecule has 0 saturated carbocycles. The molecule has 0 fully saturated rings. The third-order valence-corrected chi connectivity index (χ3v) is 5.86. The van der Waals surface area contributed by atoms with Crippen LogP contribution >= 0.6 is 0 Å². The van der Waals surface area contributed by atoms with Crippen molar-refractivity contribution in [1.29, 1.82) is 0 Å². The summed E-state index contributed by atoms with van der Waals surface area (Å²) in [7, 11) is 0. The molecule has 2 nitrogen and oxygen atoms in total. The topological polar surface area (TPSA) is 29.1 Å². The van der Waals surface area contributed by atoms with Crippen LogP contribution in [0.25, 0.3) is 0 Å². The quantitative estimate of drug-likeness (QED) is 0.172. The normalized spacial score (nSPS) is 11.1. The maximum Gasteiger partial charge on any atom is 0.219 e. The Morgan fingerprint density at radius 2 is 0.786 bits per heavy atom. The van der Waals surface area contributed by atoms with Crippen LogP contribution in [0.4, 0.5) is 0 Å². The third-order valence-electron chi connectivity index (χ3n) is 5.86. The molecule has 168 valence electrons. The van der Waals surface area contributed by atoms with Crippen LogP contribution in [0.2, 0.25) is 0 Å². The number of rotatable bonds is 23. The van der Waals surface area contributed by atoms with E-state index in [-0.39, 0.29) is 5.91 Å². The van der Waals surface area contributed by atoms with E-state index in [1.54, 1.807) is 0 Å². The Morgan fingerprint density at radius 3 is 1.18 bits per heavy atom. The highest BCUT2D eigenvalue weighted by Crippen LogP contribution is 2.12. The average Bonchev–Trinajstić information content (AvgIpc) is 2.70. The van der Waals surface area contributed by atoms with Gasteiger partial charge in [0.25, 0.3) is 0 Å². The molecule has 0 radical (unpaired) electrons.